The van der Waals surface area contributed by atoms with E-state index in [1.54, 1.807) is 5.57 Å². The molecule has 1 aromatic rings. The van der Waals surface area contributed by atoms with Gasteiger partial charge in [0.2, 0.25) is 0 Å². The zero-order chi connectivity index (χ0) is 30.3. The van der Waals surface area contributed by atoms with Gasteiger partial charge in [0.05, 0.1) is 18.1 Å². The van der Waals surface area contributed by atoms with Crippen LogP contribution in [-0.4, -0.2) is 28.9 Å². The first-order valence-electron chi connectivity index (χ1n) is 16.6. The number of hydrogen-bond donors (Lipinski definition) is 2. The molecule has 0 saturated heterocycles. The Labute approximate surface area is 262 Å². The lowest BCUT2D eigenvalue weighted by Crippen LogP contribution is -2.66. The molecular weight excluding hydrogens is 588 g/mol. The second kappa shape index (κ2) is 10.2. The minimum atomic E-state index is -0.448. The molecule has 0 unspecified atom stereocenters. The maximum Gasteiger partial charge on any atom is 0.313 e. The van der Waals surface area contributed by atoms with E-state index < -0.39 is 16.9 Å². The summed E-state index contributed by atoms with van der Waals surface area (Å²) in [6.45, 7) is 14.9. The quantitative estimate of drug-likeness (QED) is 0.255. The second-order valence-corrected chi connectivity index (χ2v) is 17.6. The zero-order valence-electron chi connectivity index (χ0n) is 26.8. The maximum absolute atomic E-state index is 14.3. The fourth-order valence-corrected chi connectivity index (χ4v) is 11.9. The van der Waals surface area contributed by atoms with Crippen molar-refractivity contribution in [3.05, 3.63) is 46.0 Å². The van der Waals surface area contributed by atoms with Crippen molar-refractivity contribution in [3.63, 3.8) is 0 Å². The highest BCUT2D eigenvalue weighted by Crippen LogP contribution is 2.75. The SMILES string of the molecule is CC1(C)CC[C@]2(C(=O)OCc3ccccc3Br)CC[C@]3(C)C(=CC[C@@H]4[C@@]5(C)CC[C@H](O)[C@@](C)(CO)[C@@H]5CC[C@]43C)[C@@H]2C1. The third kappa shape index (κ3) is 4.21. The van der Waals surface area contributed by atoms with Crippen molar-refractivity contribution < 1.29 is 19.7 Å². The highest BCUT2D eigenvalue weighted by Gasteiger charge is 2.69. The van der Waals surface area contributed by atoms with E-state index in [1.165, 1.54) is 0 Å². The number of ether oxygens (including phenoxy) is 1. The number of aliphatic hydroxyl groups excluding tert-OH is 2. The van der Waals surface area contributed by atoms with Gasteiger partial charge in [-0.05, 0) is 110 Å². The van der Waals surface area contributed by atoms with Crippen LogP contribution in [0.3, 0.4) is 0 Å². The van der Waals surface area contributed by atoms with Crippen LogP contribution in [0.1, 0.15) is 111 Å². The third-order valence-corrected chi connectivity index (χ3v) is 15.3. The van der Waals surface area contributed by atoms with Crippen LogP contribution in [0.15, 0.2) is 40.4 Å². The lowest BCUT2D eigenvalue weighted by molar-refractivity contribution is -0.217. The lowest BCUT2D eigenvalue weighted by Gasteiger charge is -2.71. The Morgan fingerprint density at radius 2 is 1.67 bits per heavy atom. The predicted octanol–water partition coefficient (Wildman–Crippen LogP) is 8.63. The number of allylic oxidation sites excluding steroid dienone is 2. The van der Waals surface area contributed by atoms with Crippen LogP contribution in [0, 0.1) is 50.2 Å². The van der Waals surface area contributed by atoms with Crippen LogP contribution >= 0.6 is 15.9 Å². The summed E-state index contributed by atoms with van der Waals surface area (Å²) in [5, 5.41) is 21.6. The fourth-order valence-electron chi connectivity index (χ4n) is 11.5. The van der Waals surface area contributed by atoms with E-state index in [0.717, 1.165) is 74.2 Å². The van der Waals surface area contributed by atoms with E-state index in [0.29, 0.717) is 18.4 Å². The van der Waals surface area contributed by atoms with Gasteiger partial charge >= 0.3 is 5.97 Å². The van der Waals surface area contributed by atoms with E-state index in [1.807, 2.05) is 24.3 Å². The molecule has 0 amide bonds. The Hall–Kier alpha value is -1.17. The summed E-state index contributed by atoms with van der Waals surface area (Å²) < 4.78 is 7.19. The summed E-state index contributed by atoms with van der Waals surface area (Å²) in [6.07, 6.45) is 12.1. The molecule has 4 saturated carbocycles. The van der Waals surface area contributed by atoms with E-state index in [-0.39, 0.29) is 40.2 Å². The van der Waals surface area contributed by atoms with E-state index in [4.69, 9.17) is 4.74 Å². The number of esters is 1. The van der Waals surface area contributed by atoms with Crippen molar-refractivity contribution >= 4 is 21.9 Å². The number of carbonyl (C=O) groups excluding carboxylic acids is 1. The van der Waals surface area contributed by atoms with Crippen LogP contribution in [0.4, 0.5) is 0 Å². The largest absolute Gasteiger partial charge is 0.460 e. The molecule has 4 nitrogen and oxygen atoms in total. The average molecular weight is 642 g/mol. The minimum Gasteiger partial charge on any atom is -0.460 e. The van der Waals surface area contributed by atoms with Gasteiger partial charge in [0, 0.05) is 15.5 Å². The summed E-state index contributed by atoms with van der Waals surface area (Å²) in [5.74, 6) is 1.04. The summed E-state index contributed by atoms with van der Waals surface area (Å²) in [5.41, 5.74) is 2.09. The Kier molecular flexibility index (Phi) is 7.47. The average Bonchev–Trinajstić information content (AvgIpc) is 2.94. The molecule has 0 bridgehead atoms. The standard InChI is InChI=1S/C37H53BrO4/c1-32(2)17-19-37(31(41)42-22-24-9-7-8-10-27(24)38)20-18-35(5)25(26(37)21-32)11-12-29-33(3)15-14-30(40)34(4,23-39)28(33)13-16-36(29,35)6/h7-11,26,28-30,39-40H,12-23H2,1-6H3/t26-,28+,29+,30-,33-,34-,35+,36+,37-/m0/s1. The Morgan fingerprint density at radius 1 is 0.952 bits per heavy atom. The number of aliphatic hydroxyl groups is 2. The minimum absolute atomic E-state index is 0.00429. The summed E-state index contributed by atoms with van der Waals surface area (Å²) >= 11 is 3.63. The first kappa shape index (κ1) is 30.8. The number of hydrogen-bond acceptors (Lipinski definition) is 4. The van der Waals surface area contributed by atoms with Gasteiger partial charge in [0.15, 0.2) is 0 Å². The molecule has 0 radical (unpaired) electrons. The van der Waals surface area contributed by atoms with Crippen LogP contribution in [0.2, 0.25) is 0 Å². The van der Waals surface area contributed by atoms with Crippen LogP contribution in [0.5, 0.6) is 0 Å². The molecule has 0 aromatic heterocycles. The zero-order valence-corrected chi connectivity index (χ0v) is 28.4. The smallest absolute Gasteiger partial charge is 0.313 e. The Bertz CT molecular complexity index is 1270. The fraction of sp³-hybridized carbons (Fsp3) is 0.757. The van der Waals surface area contributed by atoms with Crippen LogP contribution in [0.25, 0.3) is 0 Å². The first-order valence-corrected chi connectivity index (χ1v) is 17.4. The molecule has 5 heteroatoms. The van der Waals surface area contributed by atoms with Gasteiger partial charge < -0.3 is 14.9 Å². The normalized spacial score (nSPS) is 45.9. The van der Waals surface area contributed by atoms with Gasteiger partial charge in [-0.15, -0.1) is 0 Å². The molecule has 0 heterocycles. The molecule has 5 aliphatic rings. The second-order valence-electron chi connectivity index (χ2n) is 16.8. The highest BCUT2D eigenvalue weighted by molar-refractivity contribution is 9.10. The number of rotatable bonds is 4. The van der Waals surface area contributed by atoms with Crippen LogP contribution in [-0.2, 0) is 16.1 Å². The van der Waals surface area contributed by atoms with E-state index in [2.05, 4.69) is 63.5 Å². The van der Waals surface area contributed by atoms with Gasteiger partial charge in [0.1, 0.15) is 6.61 Å². The lowest BCUT2D eigenvalue weighted by atomic mass is 9.33. The maximum atomic E-state index is 14.3. The molecule has 9 atom stereocenters. The van der Waals surface area contributed by atoms with Crippen molar-refractivity contribution in [3.8, 4) is 0 Å². The molecule has 1 aromatic carbocycles. The van der Waals surface area contributed by atoms with Crippen molar-refractivity contribution in [2.45, 2.75) is 118 Å². The molecule has 4 fully saturated rings. The van der Waals surface area contributed by atoms with Gasteiger partial charge in [-0.3, -0.25) is 4.79 Å². The number of benzene rings is 1. The molecule has 5 aliphatic carbocycles. The monoisotopic (exact) mass is 640 g/mol. The molecule has 0 spiro atoms. The van der Waals surface area contributed by atoms with Crippen LogP contribution < -0.4 is 0 Å². The van der Waals surface area contributed by atoms with Gasteiger partial charge in [0.25, 0.3) is 0 Å². The summed E-state index contributed by atoms with van der Waals surface area (Å²) in [6, 6.07) is 8.03. The molecule has 0 aliphatic heterocycles. The van der Waals surface area contributed by atoms with Crippen molar-refractivity contribution in [2.24, 2.45) is 50.2 Å². The first-order chi connectivity index (χ1) is 19.7. The molecular formula is C37H53BrO4. The molecule has 6 rings (SSSR count). The van der Waals surface area contributed by atoms with Crippen molar-refractivity contribution in [1.82, 2.24) is 0 Å². The predicted molar refractivity (Wildman–Crippen MR) is 170 cm³/mol. The summed E-state index contributed by atoms with van der Waals surface area (Å²) in [7, 11) is 0. The van der Waals surface area contributed by atoms with Gasteiger partial charge in [-0.2, -0.15) is 0 Å². The topological polar surface area (TPSA) is 66.8 Å². The van der Waals surface area contributed by atoms with Crippen molar-refractivity contribution in [1.29, 1.82) is 0 Å². The van der Waals surface area contributed by atoms with E-state index in [9.17, 15) is 15.0 Å². The van der Waals surface area contributed by atoms with Gasteiger partial charge in [-0.25, -0.2) is 0 Å². The molecule has 232 valence electrons. The van der Waals surface area contributed by atoms with E-state index >= 15 is 0 Å². The number of halogens is 1. The Balaban J connectivity index is 1.36. The number of carbonyl (C=O) groups is 1. The highest BCUT2D eigenvalue weighted by atomic mass is 79.9. The van der Waals surface area contributed by atoms with Crippen molar-refractivity contribution in [2.75, 3.05) is 6.61 Å². The third-order valence-electron chi connectivity index (χ3n) is 14.5. The van der Waals surface area contributed by atoms with Gasteiger partial charge in [-0.1, -0.05) is 87.3 Å². The molecule has 2 N–H and O–H groups in total. The molecule has 42 heavy (non-hydrogen) atoms. The number of fused-ring (bicyclic) bond motifs is 7. The Morgan fingerprint density at radius 3 is 2.38 bits per heavy atom. The summed E-state index contributed by atoms with van der Waals surface area (Å²) in [4.78, 5) is 14.3.